The second-order valence-corrected chi connectivity index (χ2v) is 4.14. The summed E-state index contributed by atoms with van der Waals surface area (Å²) in [6.45, 7) is 2.50. The Hall–Kier alpha value is -2.11. The summed E-state index contributed by atoms with van der Waals surface area (Å²) in [5.41, 5.74) is -0.704. The maximum atomic E-state index is 11.3. The predicted molar refractivity (Wildman–Crippen MR) is 62.5 cm³/mol. The topological polar surface area (TPSA) is 81.5 Å². The van der Waals surface area contributed by atoms with Gasteiger partial charge < -0.3 is 4.74 Å². The third-order valence-corrected chi connectivity index (χ3v) is 2.07. The highest BCUT2D eigenvalue weighted by Crippen LogP contribution is 2.09. The van der Waals surface area contributed by atoms with Crippen LogP contribution in [0, 0.1) is 10.1 Å². The van der Waals surface area contributed by atoms with Gasteiger partial charge >= 0.3 is 6.09 Å². The molecular weight excluding hydrogens is 224 g/mol. The number of nitrogens with zero attached hydrogens (tertiary/aromatic N) is 1. The Morgan fingerprint density at radius 2 is 2.00 bits per heavy atom. The third kappa shape index (κ3) is 4.10. The Morgan fingerprint density at radius 1 is 1.41 bits per heavy atom. The number of rotatable bonds is 4. The van der Waals surface area contributed by atoms with Gasteiger partial charge in [-0.25, -0.2) is 4.79 Å². The van der Waals surface area contributed by atoms with E-state index in [0.29, 0.717) is 5.69 Å². The van der Waals surface area contributed by atoms with Gasteiger partial charge in [-0.05, 0) is 12.1 Å². The highest BCUT2D eigenvalue weighted by Gasteiger charge is 2.32. The smallest absolute Gasteiger partial charge is 0.411 e. The van der Waals surface area contributed by atoms with E-state index < -0.39 is 16.6 Å². The Labute approximate surface area is 98.7 Å². The summed E-state index contributed by atoms with van der Waals surface area (Å²) in [5, 5.41) is 13.1. The molecule has 0 fully saturated rings. The molecule has 92 valence electrons. The van der Waals surface area contributed by atoms with Crippen LogP contribution in [-0.2, 0) is 4.74 Å². The number of carbonyl (C=O) groups is 1. The summed E-state index contributed by atoms with van der Waals surface area (Å²) in [5.74, 6) is 0. The first kappa shape index (κ1) is 13.0. The van der Waals surface area contributed by atoms with Gasteiger partial charge in [0.1, 0.15) is 0 Å². The molecule has 6 heteroatoms. The standard InChI is InChI=1S/C11H14N2O4/c1-11(2,13(15)16)8-17-10(14)12-9-6-4-3-5-7-9/h3-7H,8H2,1-2H3,(H,12,14). The van der Waals surface area contributed by atoms with Crippen molar-refractivity contribution in [2.75, 3.05) is 11.9 Å². The lowest BCUT2D eigenvalue weighted by Crippen LogP contribution is -2.37. The number of ether oxygens (including phenoxy) is 1. The maximum Gasteiger partial charge on any atom is 0.411 e. The van der Waals surface area contributed by atoms with Crippen LogP contribution in [0.2, 0.25) is 0 Å². The van der Waals surface area contributed by atoms with Gasteiger partial charge in [0.05, 0.1) is 0 Å². The van der Waals surface area contributed by atoms with E-state index in [9.17, 15) is 14.9 Å². The van der Waals surface area contributed by atoms with Gasteiger partial charge in [-0.3, -0.25) is 15.4 Å². The molecule has 0 unspecified atom stereocenters. The summed E-state index contributed by atoms with van der Waals surface area (Å²) in [7, 11) is 0. The van der Waals surface area contributed by atoms with E-state index in [1.54, 1.807) is 24.3 Å². The Bertz CT molecular complexity index is 403. The fraction of sp³-hybridized carbons (Fsp3) is 0.364. The zero-order valence-corrected chi connectivity index (χ0v) is 9.67. The quantitative estimate of drug-likeness (QED) is 0.644. The van der Waals surface area contributed by atoms with Gasteiger partial charge in [0.2, 0.25) is 5.54 Å². The predicted octanol–water partition coefficient (Wildman–Crippen LogP) is 2.29. The molecule has 0 aromatic heterocycles. The minimum Gasteiger partial charge on any atom is -0.442 e. The molecular formula is C11H14N2O4. The molecule has 0 bridgehead atoms. The number of anilines is 1. The molecule has 0 saturated heterocycles. The SMILES string of the molecule is CC(C)(COC(=O)Nc1ccccc1)[N+](=O)[O-]. The number of benzene rings is 1. The second kappa shape index (κ2) is 5.29. The minimum atomic E-state index is -1.28. The van der Waals surface area contributed by atoms with Crippen LogP contribution in [0.15, 0.2) is 30.3 Å². The average Bonchev–Trinajstić information content (AvgIpc) is 2.28. The van der Waals surface area contributed by atoms with Gasteiger partial charge in [0, 0.05) is 24.5 Å². The van der Waals surface area contributed by atoms with E-state index in [0.717, 1.165) is 0 Å². The molecule has 0 aliphatic carbocycles. The van der Waals surface area contributed by atoms with E-state index in [1.807, 2.05) is 6.07 Å². The molecule has 17 heavy (non-hydrogen) atoms. The van der Waals surface area contributed by atoms with Crippen molar-refractivity contribution in [1.29, 1.82) is 0 Å². The molecule has 0 heterocycles. The molecule has 1 N–H and O–H groups in total. The normalized spacial score (nSPS) is 10.7. The van der Waals surface area contributed by atoms with Gasteiger partial charge in [-0.15, -0.1) is 0 Å². The van der Waals surface area contributed by atoms with E-state index in [4.69, 9.17) is 4.74 Å². The van der Waals surface area contributed by atoms with Crippen LogP contribution in [0.5, 0.6) is 0 Å². The highest BCUT2D eigenvalue weighted by atomic mass is 16.6. The molecule has 1 amide bonds. The fourth-order valence-electron chi connectivity index (χ4n) is 0.970. The first-order valence-corrected chi connectivity index (χ1v) is 5.05. The van der Waals surface area contributed by atoms with Crippen molar-refractivity contribution in [1.82, 2.24) is 0 Å². The third-order valence-electron chi connectivity index (χ3n) is 2.07. The van der Waals surface area contributed by atoms with Crippen LogP contribution >= 0.6 is 0 Å². The maximum absolute atomic E-state index is 11.3. The second-order valence-electron chi connectivity index (χ2n) is 4.14. The molecule has 1 rings (SSSR count). The van der Waals surface area contributed by atoms with E-state index in [-0.39, 0.29) is 6.61 Å². The van der Waals surface area contributed by atoms with Crippen LogP contribution < -0.4 is 5.32 Å². The van der Waals surface area contributed by atoms with Crippen molar-refractivity contribution >= 4 is 11.8 Å². The number of nitrogens with one attached hydrogen (secondary N) is 1. The lowest BCUT2D eigenvalue weighted by Gasteiger charge is -2.15. The van der Waals surface area contributed by atoms with Crippen LogP contribution in [0.3, 0.4) is 0 Å². The van der Waals surface area contributed by atoms with Crippen molar-refractivity contribution in [2.24, 2.45) is 0 Å². The van der Waals surface area contributed by atoms with Crippen molar-refractivity contribution < 1.29 is 14.5 Å². The monoisotopic (exact) mass is 238 g/mol. The van der Waals surface area contributed by atoms with Gasteiger partial charge in [0.15, 0.2) is 6.61 Å². The van der Waals surface area contributed by atoms with E-state index in [2.05, 4.69) is 5.32 Å². The van der Waals surface area contributed by atoms with Gasteiger partial charge in [0.25, 0.3) is 0 Å². The largest absolute Gasteiger partial charge is 0.442 e. The zero-order valence-electron chi connectivity index (χ0n) is 9.67. The molecule has 6 nitrogen and oxygen atoms in total. The molecule has 1 aromatic carbocycles. The van der Waals surface area contributed by atoms with Gasteiger partial charge in [-0.2, -0.15) is 0 Å². The first-order chi connectivity index (χ1) is 7.92. The van der Waals surface area contributed by atoms with Crippen LogP contribution in [0.1, 0.15) is 13.8 Å². The van der Waals surface area contributed by atoms with Gasteiger partial charge in [-0.1, -0.05) is 18.2 Å². The number of nitro groups is 1. The molecule has 1 aromatic rings. The molecule has 0 atom stereocenters. The molecule has 0 saturated carbocycles. The summed E-state index contributed by atoms with van der Waals surface area (Å²) in [4.78, 5) is 21.4. The number of para-hydroxylation sites is 1. The summed E-state index contributed by atoms with van der Waals surface area (Å²) in [6, 6.07) is 8.72. The van der Waals surface area contributed by atoms with Crippen LogP contribution in [-0.4, -0.2) is 23.2 Å². The Balaban J connectivity index is 2.44. The van der Waals surface area contributed by atoms with Crippen molar-refractivity contribution in [2.45, 2.75) is 19.4 Å². The Morgan fingerprint density at radius 3 is 2.53 bits per heavy atom. The van der Waals surface area contributed by atoms with E-state index >= 15 is 0 Å². The van der Waals surface area contributed by atoms with Crippen LogP contribution in [0.4, 0.5) is 10.5 Å². The summed E-state index contributed by atoms with van der Waals surface area (Å²) < 4.78 is 4.78. The number of amides is 1. The zero-order chi connectivity index (χ0) is 12.9. The van der Waals surface area contributed by atoms with Crippen molar-refractivity contribution in [3.05, 3.63) is 40.4 Å². The lowest BCUT2D eigenvalue weighted by atomic mass is 10.1. The lowest BCUT2D eigenvalue weighted by molar-refractivity contribution is -0.563. The first-order valence-electron chi connectivity index (χ1n) is 5.05. The molecule has 0 radical (unpaired) electrons. The average molecular weight is 238 g/mol. The number of carbonyl (C=O) groups excluding carboxylic acids is 1. The molecule has 0 aliphatic rings. The number of hydrogen-bond acceptors (Lipinski definition) is 4. The van der Waals surface area contributed by atoms with Crippen molar-refractivity contribution in [3.63, 3.8) is 0 Å². The van der Waals surface area contributed by atoms with Crippen LogP contribution in [0.25, 0.3) is 0 Å². The minimum absolute atomic E-state index is 0.279. The molecule has 0 spiro atoms. The molecule has 0 aliphatic heterocycles. The Kier molecular flexibility index (Phi) is 4.03. The highest BCUT2D eigenvalue weighted by molar-refractivity contribution is 5.84. The number of hydrogen-bond donors (Lipinski definition) is 1. The van der Waals surface area contributed by atoms with Crippen molar-refractivity contribution in [3.8, 4) is 0 Å². The fourth-order valence-corrected chi connectivity index (χ4v) is 0.970. The summed E-state index contributed by atoms with van der Waals surface area (Å²) >= 11 is 0. The van der Waals surface area contributed by atoms with E-state index in [1.165, 1.54) is 13.8 Å². The summed E-state index contributed by atoms with van der Waals surface area (Å²) in [6.07, 6.45) is -0.703.